The summed E-state index contributed by atoms with van der Waals surface area (Å²) >= 11 is 0. The molecule has 0 fully saturated rings. The number of aliphatic carboxylic acids is 1. The van der Waals surface area contributed by atoms with Gasteiger partial charge in [-0.25, -0.2) is 9.78 Å². The van der Waals surface area contributed by atoms with Gasteiger partial charge in [-0.15, -0.1) is 0 Å². The molecule has 0 saturated carbocycles. The molecule has 2 rings (SSSR count). The second-order valence-electron chi connectivity index (χ2n) is 2.97. The zero-order chi connectivity index (χ0) is 10.8. The molecule has 5 nitrogen and oxygen atoms in total. The van der Waals surface area contributed by atoms with Crippen molar-refractivity contribution in [2.45, 2.75) is 0 Å². The monoisotopic (exact) mass is 204 g/mol. The van der Waals surface area contributed by atoms with Crippen molar-refractivity contribution in [3.8, 4) is 5.75 Å². The van der Waals surface area contributed by atoms with Gasteiger partial charge in [0.05, 0.1) is 11.8 Å². The molecule has 2 aromatic rings. The van der Waals surface area contributed by atoms with Crippen LogP contribution in [0, 0.1) is 0 Å². The van der Waals surface area contributed by atoms with Crippen LogP contribution < -0.4 is 0 Å². The first-order valence-electron chi connectivity index (χ1n) is 4.24. The third kappa shape index (κ3) is 1.67. The maximum Gasteiger partial charge on any atom is 0.328 e. The molecule has 0 spiro atoms. The molecule has 3 N–H and O–H groups in total. The van der Waals surface area contributed by atoms with Crippen molar-refractivity contribution in [3.63, 3.8) is 0 Å². The van der Waals surface area contributed by atoms with Gasteiger partial charge in [-0.1, -0.05) is 0 Å². The number of aromatic hydroxyl groups is 1. The Bertz CT molecular complexity index is 543. The minimum absolute atomic E-state index is 0.0926. The average molecular weight is 204 g/mol. The number of H-pyrrole nitrogens is 1. The summed E-state index contributed by atoms with van der Waals surface area (Å²) in [5.74, 6) is -0.929. The number of rotatable bonds is 2. The quantitative estimate of drug-likeness (QED) is 0.645. The van der Waals surface area contributed by atoms with Crippen molar-refractivity contribution >= 4 is 23.1 Å². The van der Waals surface area contributed by atoms with Crippen molar-refractivity contribution < 1.29 is 15.0 Å². The topological polar surface area (TPSA) is 86.2 Å². The Balaban J connectivity index is 2.57. The van der Waals surface area contributed by atoms with Gasteiger partial charge >= 0.3 is 5.97 Å². The summed E-state index contributed by atoms with van der Waals surface area (Å²) < 4.78 is 0. The lowest BCUT2D eigenvalue weighted by Gasteiger charge is -1.97. The van der Waals surface area contributed by atoms with Crippen molar-refractivity contribution in [1.29, 1.82) is 0 Å². The van der Waals surface area contributed by atoms with E-state index in [0.717, 1.165) is 6.08 Å². The van der Waals surface area contributed by atoms with Gasteiger partial charge in [0, 0.05) is 11.6 Å². The normalized spacial score (nSPS) is 11.2. The molecule has 0 aliphatic rings. The second kappa shape index (κ2) is 3.45. The lowest BCUT2D eigenvalue weighted by atomic mass is 10.1. The first kappa shape index (κ1) is 9.26. The summed E-state index contributed by atoms with van der Waals surface area (Å²) in [7, 11) is 0. The van der Waals surface area contributed by atoms with E-state index in [-0.39, 0.29) is 5.75 Å². The van der Waals surface area contributed by atoms with Crippen LogP contribution in [0.4, 0.5) is 0 Å². The summed E-state index contributed by atoms with van der Waals surface area (Å²) in [4.78, 5) is 17.1. The fourth-order valence-electron chi connectivity index (χ4n) is 1.33. The Hall–Kier alpha value is -2.30. The number of aromatic amines is 1. The maximum absolute atomic E-state index is 10.3. The van der Waals surface area contributed by atoms with E-state index in [0.29, 0.717) is 16.6 Å². The summed E-state index contributed by atoms with van der Waals surface area (Å²) in [6.07, 6.45) is 3.91. The van der Waals surface area contributed by atoms with E-state index in [4.69, 9.17) is 5.11 Å². The highest BCUT2D eigenvalue weighted by Crippen LogP contribution is 2.24. The molecule has 0 bridgehead atoms. The van der Waals surface area contributed by atoms with Crippen LogP contribution in [-0.2, 0) is 4.79 Å². The molecule has 0 unspecified atom stereocenters. The van der Waals surface area contributed by atoms with E-state index in [9.17, 15) is 9.90 Å². The minimum atomic E-state index is -1.02. The number of carboxylic acids is 1. The predicted octanol–water partition coefficient (Wildman–Crippen LogP) is 1.37. The average Bonchev–Trinajstić information content (AvgIpc) is 2.66. The van der Waals surface area contributed by atoms with Gasteiger partial charge in [-0.05, 0) is 18.2 Å². The number of benzene rings is 1. The number of nitrogens with zero attached hydrogens (tertiary/aromatic N) is 1. The second-order valence-corrected chi connectivity index (χ2v) is 2.97. The molecule has 1 heterocycles. The molecule has 0 amide bonds. The van der Waals surface area contributed by atoms with Crippen molar-refractivity contribution in [3.05, 3.63) is 30.1 Å². The molecule has 0 saturated heterocycles. The number of phenolic OH excluding ortho intramolecular Hbond substituents is 1. The van der Waals surface area contributed by atoms with Crippen LogP contribution in [0.25, 0.3) is 17.1 Å². The van der Waals surface area contributed by atoms with Gasteiger partial charge in [0.1, 0.15) is 11.3 Å². The molecule has 76 valence electrons. The van der Waals surface area contributed by atoms with Gasteiger partial charge in [0.15, 0.2) is 0 Å². The van der Waals surface area contributed by atoms with Crippen LogP contribution in [0.15, 0.2) is 24.5 Å². The Labute approximate surface area is 84.7 Å². The van der Waals surface area contributed by atoms with E-state index in [1.54, 1.807) is 6.07 Å². The number of fused-ring (bicyclic) bond motifs is 1. The van der Waals surface area contributed by atoms with Crippen LogP contribution in [0.5, 0.6) is 5.75 Å². The summed E-state index contributed by atoms with van der Waals surface area (Å²) in [6, 6.07) is 3.10. The highest BCUT2D eigenvalue weighted by atomic mass is 16.4. The molecule has 5 heteroatoms. The number of nitrogens with one attached hydrogen (secondary N) is 1. The number of hydrogen-bond acceptors (Lipinski definition) is 3. The first-order chi connectivity index (χ1) is 7.18. The SMILES string of the molecule is O=C(O)/C=C/c1ccc(O)c2[nH]cnc12. The number of phenols is 1. The molecule has 1 aromatic carbocycles. The fourth-order valence-corrected chi connectivity index (χ4v) is 1.33. The zero-order valence-electron chi connectivity index (χ0n) is 7.64. The zero-order valence-corrected chi connectivity index (χ0v) is 7.64. The van der Waals surface area contributed by atoms with Gasteiger partial charge in [-0.2, -0.15) is 0 Å². The third-order valence-corrected chi connectivity index (χ3v) is 2.00. The molecule has 0 radical (unpaired) electrons. The highest BCUT2D eigenvalue weighted by Gasteiger charge is 2.05. The van der Waals surface area contributed by atoms with Crippen LogP contribution in [-0.4, -0.2) is 26.2 Å². The Kier molecular flexibility index (Phi) is 2.13. The van der Waals surface area contributed by atoms with Gasteiger partial charge < -0.3 is 15.2 Å². The van der Waals surface area contributed by atoms with E-state index in [1.165, 1.54) is 18.5 Å². The van der Waals surface area contributed by atoms with E-state index in [1.807, 2.05) is 0 Å². The molecule has 1 aromatic heterocycles. The largest absolute Gasteiger partial charge is 0.506 e. The summed E-state index contributed by atoms with van der Waals surface area (Å²) in [6.45, 7) is 0. The van der Waals surface area contributed by atoms with Crippen molar-refractivity contribution in [1.82, 2.24) is 9.97 Å². The smallest absolute Gasteiger partial charge is 0.328 e. The van der Waals surface area contributed by atoms with Gasteiger partial charge in [0.25, 0.3) is 0 Å². The van der Waals surface area contributed by atoms with Crippen LogP contribution in [0.2, 0.25) is 0 Å². The molecule has 0 aliphatic heterocycles. The molecule has 15 heavy (non-hydrogen) atoms. The first-order valence-corrected chi connectivity index (χ1v) is 4.24. The number of aromatic nitrogens is 2. The standard InChI is InChI=1S/C10H8N2O3/c13-7-3-1-6(2-4-8(14)15)9-10(7)12-5-11-9/h1-5,13H,(H,11,12)(H,14,15)/b4-2+. The number of carboxylic acid groups (broad SMARTS) is 1. The van der Waals surface area contributed by atoms with Gasteiger partial charge in [0.2, 0.25) is 0 Å². The fraction of sp³-hybridized carbons (Fsp3) is 0. The summed E-state index contributed by atoms with van der Waals surface area (Å²) in [5, 5.41) is 17.9. The Morgan fingerprint density at radius 3 is 3.00 bits per heavy atom. The van der Waals surface area contributed by atoms with Crippen LogP contribution in [0.3, 0.4) is 0 Å². The third-order valence-electron chi connectivity index (χ3n) is 2.00. The number of carbonyl (C=O) groups is 1. The molecule has 0 atom stereocenters. The highest BCUT2D eigenvalue weighted by molar-refractivity contribution is 5.93. The molecule has 0 aliphatic carbocycles. The Morgan fingerprint density at radius 2 is 2.27 bits per heavy atom. The predicted molar refractivity (Wildman–Crippen MR) is 54.4 cm³/mol. The number of imidazole rings is 1. The minimum Gasteiger partial charge on any atom is -0.506 e. The lowest BCUT2D eigenvalue weighted by Crippen LogP contribution is -1.86. The van der Waals surface area contributed by atoms with E-state index >= 15 is 0 Å². The molecular formula is C10H8N2O3. The van der Waals surface area contributed by atoms with E-state index < -0.39 is 5.97 Å². The lowest BCUT2D eigenvalue weighted by molar-refractivity contribution is -0.131. The van der Waals surface area contributed by atoms with Crippen LogP contribution in [0.1, 0.15) is 5.56 Å². The maximum atomic E-state index is 10.3. The van der Waals surface area contributed by atoms with Crippen LogP contribution >= 0.6 is 0 Å². The number of hydrogen-bond donors (Lipinski definition) is 3. The van der Waals surface area contributed by atoms with E-state index in [2.05, 4.69) is 9.97 Å². The molecular weight excluding hydrogens is 196 g/mol. The summed E-state index contributed by atoms with van der Waals surface area (Å²) in [5.41, 5.74) is 1.70. The van der Waals surface area contributed by atoms with Crippen molar-refractivity contribution in [2.24, 2.45) is 0 Å². The van der Waals surface area contributed by atoms with Gasteiger partial charge in [-0.3, -0.25) is 0 Å². The Morgan fingerprint density at radius 1 is 1.47 bits per heavy atom. The van der Waals surface area contributed by atoms with Crippen molar-refractivity contribution in [2.75, 3.05) is 0 Å².